The number of ether oxygens (including phenoxy) is 1. The van der Waals surface area contributed by atoms with Gasteiger partial charge in [0.15, 0.2) is 0 Å². The van der Waals surface area contributed by atoms with Gasteiger partial charge in [0.05, 0.1) is 18.8 Å². The van der Waals surface area contributed by atoms with Gasteiger partial charge in [-0.05, 0) is 36.5 Å². The molecule has 0 amide bonds. The van der Waals surface area contributed by atoms with Gasteiger partial charge >= 0.3 is 0 Å². The molecule has 1 aromatic carbocycles. The molecule has 90 valence electrons. The first-order chi connectivity index (χ1) is 8.20. The zero-order chi connectivity index (χ0) is 12.3. The molecule has 1 aromatic heterocycles. The summed E-state index contributed by atoms with van der Waals surface area (Å²) in [4.78, 5) is 0. The topological polar surface area (TPSA) is 61.0 Å². The third-order valence-electron chi connectivity index (χ3n) is 2.63. The molecule has 1 unspecified atom stereocenters. The van der Waals surface area contributed by atoms with Crippen LogP contribution < -0.4 is 10.5 Å². The van der Waals surface area contributed by atoms with Crippen LogP contribution in [0.4, 0.5) is 0 Å². The summed E-state index contributed by atoms with van der Waals surface area (Å²) in [5, 5.41) is 5.87. The molecule has 0 radical (unpaired) electrons. The Morgan fingerprint density at radius 3 is 2.94 bits per heavy atom. The van der Waals surface area contributed by atoms with Gasteiger partial charge in [0.1, 0.15) is 5.75 Å². The molecule has 1 heterocycles. The molecule has 2 N–H and O–H groups in total. The van der Waals surface area contributed by atoms with E-state index in [1.807, 2.05) is 17.5 Å². The molecule has 0 aliphatic carbocycles. The number of aryl methyl sites for hydroxylation is 1. The average Bonchev–Trinajstić information content (AvgIpc) is 2.83. The van der Waals surface area contributed by atoms with E-state index >= 15 is 0 Å². The van der Waals surface area contributed by atoms with Crippen molar-refractivity contribution in [3.63, 3.8) is 0 Å². The van der Waals surface area contributed by atoms with Crippen LogP contribution in [0.5, 0.6) is 5.75 Å². The lowest BCUT2D eigenvalue weighted by Gasteiger charge is -2.12. The van der Waals surface area contributed by atoms with Gasteiger partial charge < -0.3 is 10.5 Å². The SMILES string of the molecule is COc1ccc(C)cc1CC(N)c1csnn1. The number of benzene rings is 1. The second-order valence-corrected chi connectivity index (χ2v) is 4.57. The highest BCUT2D eigenvalue weighted by molar-refractivity contribution is 7.03. The lowest BCUT2D eigenvalue weighted by Crippen LogP contribution is -2.14. The van der Waals surface area contributed by atoms with Gasteiger partial charge in [0, 0.05) is 5.38 Å². The molecule has 2 aromatic rings. The minimum absolute atomic E-state index is 0.135. The molecular weight excluding hydrogens is 234 g/mol. The lowest BCUT2D eigenvalue weighted by molar-refractivity contribution is 0.408. The van der Waals surface area contributed by atoms with Crippen molar-refractivity contribution in [3.8, 4) is 5.75 Å². The maximum atomic E-state index is 6.09. The van der Waals surface area contributed by atoms with Crippen molar-refractivity contribution in [1.82, 2.24) is 9.59 Å². The first kappa shape index (κ1) is 12.0. The Morgan fingerprint density at radius 2 is 2.29 bits per heavy atom. The van der Waals surface area contributed by atoms with Crippen LogP contribution >= 0.6 is 11.5 Å². The smallest absolute Gasteiger partial charge is 0.122 e. The second-order valence-electron chi connectivity index (χ2n) is 3.96. The van der Waals surface area contributed by atoms with Gasteiger partial charge in [-0.15, -0.1) is 5.10 Å². The quantitative estimate of drug-likeness (QED) is 0.901. The summed E-state index contributed by atoms with van der Waals surface area (Å²) in [6, 6.07) is 5.96. The van der Waals surface area contributed by atoms with E-state index in [0.717, 1.165) is 17.0 Å². The Labute approximate surface area is 105 Å². The van der Waals surface area contributed by atoms with Crippen LogP contribution in [0.3, 0.4) is 0 Å². The second kappa shape index (κ2) is 5.25. The zero-order valence-corrected chi connectivity index (χ0v) is 10.7. The van der Waals surface area contributed by atoms with Crippen LogP contribution in [0.25, 0.3) is 0 Å². The van der Waals surface area contributed by atoms with Gasteiger partial charge in [-0.25, -0.2) is 0 Å². The van der Waals surface area contributed by atoms with Crippen LogP contribution in [0.15, 0.2) is 23.6 Å². The molecular formula is C12H15N3OS. The van der Waals surface area contributed by atoms with Crippen LogP contribution in [0.2, 0.25) is 0 Å². The fraction of sp³-hybridized carbons (Fsp3) is 0.333. The number of hydrogen-bond acceptors (Lipinski definition) is 5. The highest BCUT2D eigenvalue weighted by Crippen LogP contribution is 2.24. The average molecular weight is 249 g/mol. The van der Waals surface area contributed by atoms with Crippen molar-refractivity contribution in [2.45, 2.75) is 19.4 Å². The first-order valence-corrected chi connectivity index (χ1v) is 6.20. The van der Waals surface area contributed by atoms with E-state index < -0.39 is 0 Å². The molecule has 0 spiro atoms. The van der Waals surface area contributed by atoms with Gasteiger partial charge in [-0.3, -0.25) is 0 Å². The van der Waals surface area contributed by atoms with Gasteiger partial charge in [-0.1, -0.05) is 22.2 Å². The highest BCUT2D eigenvalue weighted by Gasteiger charge is 2.13. The van der Waals surface area contributed by atoms with E-state index in [4.69, 9.17) is 10.5 Å². The van der Waals surface area contributed by atoms with Crippen molar-refractivity contribution < 1.29 is 4.74 Å². The van der Waals surface area contributed by atoms with Gasteiger partial charge in [0.2, 0.25) is 0 Å². The molecule has 0 saturated carbocycles. The fourth-order valence-electron chi connectivity index (χ4n) is 1.74. The Hall–Kier alpha value is -1.46. The Kier molecular flexibility index (Phi) is 3.71. The Bertz CT molecular complexity index is 485. The highest BCUT2D eigenvalue weighted by atomic mass is 32.1. The minimum atomic E-state index is -0.135. The van der Waals surface area contributed by atoms with Gasteiger partial charge in [-0.2, -0.15) is 0 Å². The van der Waals surface area contributed by atoms with Crippen molar-refractivity contribution >= 4 is 11.5 Å². The molecule has 0 saturated heterocycles. The third-order valence-corrected chi connectivity index (χ3v) is 3.16. The molecule has 0 aliphatic rings. The van der Waals surface area contributed by atoms with E-state index in [0.29, 0.717) is 6.42 Å². The largest absolute Gasteiger partial charge is 0.496 e. The first-order valence-electron chi connectivity index (χ1n) is 5.36. The summed E-state index contributed by atoms with van der Waals surface area (Å²) in [6.07, 6.45) is 0.705. The fourth-order valence-corrected chi connectivity index (χ4v) is 2.26. The van der Waals surface area contributed by atoms with E-state index in [2.05, 4.69) is 22.6 Å². The Morgan fingerprint density at radius 1 is 1.47 bits per heavy atom. The van der Waals surface area contributed by atoms with E-state index in [-0.39, 0.29) is 6.04 Å². The standard InChI is InChI=1S/C12H15N3OS/c1-8-3-4-12(16-2)9(5-8)6-10(13)11-7-17-15-14-11/h3-5,7,10H,6,13H2,1-2H3. The molecule has 0 fully saturated rings. The zero-order valence-electron chi connectivity index (χ0n) is 9.88. The Balaban J connectivity index is 2.20. The number of aromatic nitrogens is 2. The molecule has 0 bridgehead atoms. The molecule has 2 rings (SSSR count). The lowest BCUT2D eigenvalue weighted by atomic mass is 10.0. The van der Waals surface area contributed by atoms with Gasteiger partial charge in [0.25, 0.3) is 0 Å². The summed E-state index contributed by atoms with van der Waals surface area (Å²) >= 11 is 1.32. The summed E-state index contributed by atoms with van der Waals surface area (Å²) in [5.41, 5.74) is 9.23. The van der Waals surface area contributed by atoms with Crippen LogP contribution in [-0.4, -0.2) is 16.7 Å². The van der Waals surface area contributed by atoms with E-state index in [1.54, 1.807) is 7.11 Å². The third kappa shape index (κ3) is 2.81. The number of methoxy groups -OCH3 is 1. The predicted octanol–water partition coefficient (Wildman–Crippen LogP) is 2.10. The molecule has 4 nitrogen and oxygen atoms in total. The van der Waals surface area contributed by atoms with Crippen molar-refractivity contribution in [1.29, 1.82) is 0 Å². The number of nitrogens with two attached hydrogens (primary N) is 1. The summed E-state index contributed by atoms with van der Waals surface area (Å²) < 4.78 is 9.16. The summed E-state index contributed by atoms with van der Waals surface area (Å²) in [5.74, 6) is 0.870. The van der Waals surface area contributed by atoms with Crippen molar-refractivity contribution in [2.75, 3.05) is 7.11 Å². The molecule has 0 aliphatic heterocycles. The van der Waals surface area contributed by atoms with E-state index in [1.165, 1.54) is 17.1 Å². The molecule has 1 atom stereocenters. The normalized spacial score (nSPS) is 12.4. The number of rotatable bonds is 4. The molecule has 17 heavy (non-hydrogen) atoms. The maximum Gasteiger partial charge on any atom is 0.122 e. The minimum Gasteiger partial charge on any atom is -0.496 e. The van der Waals surface area contributed by atoms with Crippen LogP contribution in [-0.2, 0) is 6.42 Å². The van der Waals surface area contributed by atoms with Crippen molar-refractivity contribution in [3.05, 3.63) is 40.4 Å². The predicted molar refractivity (Wildman–Crippen MR) is 68.3 cm³/mol. The maximum absolute atomic E-state index is 6.09. The van der Waals surface area contributed by atoms with Crippen LogP contribution in [0, 0.1) is 6.92 Å². The molecule has 5 heteroatoms. The summed E-state index contributed by atoms with van der Waals surface area (Å²) in [7, 11) is 1.67. The van der Waals surface area contributed by atoms with E-state index in [9.17, 15) is 0 Å². The number of nitrogens with zero attached hydrogens (tertiary/aromatic N) is 2. The monoisotopic (exact) mass is 249 g/mol. The van der Waals surface area contributed by atoms with Crippen molar-refractivity contribution in [2.24, 2.45) is 5.73 Å². The summed E-state index contributed by atoms with van der Waals surface area (Å²) in [6.45, 7) is 2.05. The van der Waals surface area contributed by atoms with Crippen LogP contribution in [0.1, 0.15) is 22.9 Å². The number of hydrogen-bond donors (Lipinski definition) is 1.